The van der Waals surface area contributed by atoms with Crippen LogP contribution in [0, 0.1) is 6.92 Å². The molecule has 0 saturated heterocycles. The lowest BCUT2D eigenvalue weighted by Crippen LogP contribution is -1.95. The van der Waals surface area contributed by atoms with Gasteiger partial charge in [-0.3, -0.25) is 0 Å². The highest BCUT2D eigenvalue weighted by molar-refractivity contribution is 9.10. The number of rotatable bonds is 4. The zero-order valence-corrected chi connectivity index (χ0v) is 13.0. The number of aromatic nitrogens is 2. The minimum Gasteiger partial charge on any atom is -0.484 e. The van der Waals surface area contributed by atoms with Crippen LogP contribution in [0.1, 0.15) is 11.5 Å². The molecule has 0 amide bonds. The van der Waals surface area contributed by atoms with Crippen LogP contribution in [-0.2, 0) is 6.61 Å². The predicted octanol–water partition coefficient (Wildman–Crippen LogP) is 4.39. The van der Waals surface area contributed by atoms with E-state index in [1.54, 1.807) is 0 Å². The first-order valence-corrected chi connectivity index (χ1v) is 7.28. The van der Waals surface area contributed by atoms with Gasteiger partial charge >= 0.3 is 0 Å². The summed E-state index contributed by atoms with van der Waals surface area (Å²) in [6.45, 7) is 2.27. The summed E-state index contributed by atoms with van der Waals surface area (Å²) in [5, 5.41) is 3.97. The van der Waals surface area contributed by atoms with E-state index in [9.17, 15) is 0 Å². The molecule has 0 aliphatic rings. The van der Waals surface area contributed by atoms with E-state index in [1.807, 2.05) is 55.5 Å². The van der Waals surface area contributed by atoms with Gasteiger partial charge in [0.25, 0.3) is 5.89 Å². The maximum atomic E-state index is 5.64. The Morgan fingerprint density at radius 1 is 1.14 bits per heavy atom. The second-order valence-electron chi connectivity index (χ2n) is 4.63. The topological polar surface area (TPSA) is 48.2 Å². The zero-order chi connectivity index (χ0) is 14.7. The third-order valence-electron chi connectivity index (χ3n) is 2.90. The van der Waals surface area contributed by atoms with Gasteiger partial charge in [0, 0.05) is 10.0 Å². The summed E-state index contributed by atoms with van der Waals surface area (Å²) in [6.07, 6.45) is 0. The third-order valence-corrected chi connectivity index (χ3v) is 3.40. The molecule has 1 heterocycles. The molecular weight excluding hydrogens is 332 g/mol. The van der Waals surface area contributed by atoms with E-state index in [1.165, 1.54) is 0 Å². The Bertz CT molecular complexity index is 755. The van der Waals surface area contributed by atoms with Crippen molar-refractivity contribution in [2.75, 3.05) is 0 Å². The minimum absolute atomic E-state index is 0.254. The predicted molar refractivity (Wildman–Crippen MR) is 82.9 cm³/mol. The molecule has 0 atom stereocenters. The Labute approximate surface area is 130 Å². The third kappa shape index (κ3) is 3.49. The Morgan fingerprint density at radius 3 is 2.81 bits per heavy atom. The lowest BCUT2D eigenvalue weighted by Gasteiger charge is -2.03. The van der Waals surface area contributed by atoms with Crippen molar-refractivity contribution in [2.45, 2.75) is 13.5 Å². The van der Waals surface area contributed by atoms with Crippen molar-refractivity contribution in [2.24, 2.45) is 0 Å². The van der Waals surface area contributed by atoms with Crippen LogP contribution in [-0.4, -0.2) is 10.1 Å². The van der Waals surface area contributed by atoms with Crippen molar-refractivity contribution in [3.63, 3.8) is 0 Å². The summed E-state index contributed by atoms with van der Waals surface area (Å²) in [6, 6.07) is 15.6. The average molecular weight is 345 g/mol. The van der Waals surface area contributed by atoms with E-state index in [4.69, 9.17) is 9.26 Å². The van der Waals surface area contributed by atoms with E-state index in [0.29, 0.717) is 11.7 Å². The van der Waals surface area contributed by atoms with E-state index in [2.05, 4.69) is 26.1 Å². The van der Waals surface area contributed by atoms with Crippen LogP contribution < -0.4 is 4.74 Å². The average Bonchev–Trinajstić information content (AvgIpc) is 2.94. The van der Waals surface area contributed by atoms with Gasteiger partial charge in [0.2, 0.25) is 5.82 Å². The summed E-state index contributed by atoms with van der Waals surface area (Å²) in [4.78, 5) is 4.34. The SMILES string of the molecule is Cc1cccc(OCc2nc(-c3cccc(Br)c3)no2)c1. The smallest absolute Gasteiger partial charge is 0.264 e. The molecule has 3 rings (SSSR count). The summed E-state index contributed by atoms with van der Waals surface area (Å²) in [5.41, 5.74) is 2.04. The maximum Gasteiger partial charge on any atom is 0.264 e. The summed E-state index contributed by atoms with van der Waals surface area (Å²) in [5.74, 6) is 1.79. The lowest BCUT2D eigenvalue weighted by atomic mass is 10.2. The van der Waals surface area contributed by atoms with Crippen LogP contribution in [0.5, 0.6) is 5.75 Å². The molecule has 0 N–H and O–H groups in total. The van der Waals surface area contributed by atoms with Crippen molar-refractivity contribution in [1.82, 2.24) is 10.1 Å². The monoisotopic (exact) mass is 344 g/mol. The fourth-order valence-electron chi connectivity index (χ4n) is 1.91. The van der Waals surface area contributed by atoms with Crippen LogP contribution in [0.2, 0.25) is 0 Å². The molecule has 106 valence electrons. The first-order chi connectivity index (χ1) is 10.2. The zero-order valence-electron chi connectivity index (χ0n) is 11.4. The molecule has 0 fully saturated rings. The fraction of sp³-hybridized carbons (Fsp3) is 0.125. The number of hydrogen-bond donors (Lipinski definition) is 0. The molecule has 0 unspecified atom stereocenters. The molecule has 0 bridgehead atoms. The quantitative estimate of drug-likeness (QED) is 0.704. The van der Waals surface area contributed by atoms with Crippen LogP contribution in [0.3, 0.4) is 0 Å². The molecule has 0 spiro atoms. The molecule has 3 aromatic rings. The van der Waals surface area contributed by atoms with E-state index in [0.717, 1.165) is 21.3 Å². The van der Waals surface area contributed by atoms with Gasteiger partial charge < -0.3 is 9.26 Å². The summed E-state index contributed by atoms with van der Waals surface area (Å²) < 4.78 is 11.8. The lowest BCUT2D eigenvalue weighted by molar-refractivity contribution is 0.243. The Morgan fingerprint density at radius 2 is 2.00 bits per heavy atom. The van der Waals surface area contributed by atoms with Crippen LogP contribution in [0.4, 0.5) is 0 Å². The van der Waals surface area contributed by atoms with Crippen LogP contribution in [0.25, 0.3) is 11.4 Å². The van der Waals surface area contributed by atoms with Crippen LogP contribution in [0.15, 0.2) is 57.5 Å². The van der Waals surface area contributed by atoms with Gasteiger partial charge in [-0.05, 0) is 36.8 Å². The van der Waals surface area contributed by atoms with Gasteiger partial charge in [-0.1, -0.05) is 45.4 Å². The molecule has 1 aromatic heterocycles. The van der Waals surface area contributed by atoms with Crippen molar-refractivity contribution in [3.8, 4) is 17.1 Å². The molecule has 5 heteroatoms. The van der Waals surface area contributed by atoms with Crippen LogP contribution >= 0.6 is 15.9 Å². The maximum absolute atomic E-state index is 5.64. The number of nitrogens with zero attached hydrogens (tertiary/aromatic N) is 2. The van der Waals surface area contributed by atoms with Gasteiger partial charge in [0.05, 0.1) is 0 Å². The Balaban J connectivity index is 1.71. The van der Waals surface area contributed by atoms with E-state index in [-0.39, 0.29) is 6.61 Å². The standard InChI is InChI=1S/C16H13BrN2O2/c1-11-4-2-7-14(8-11)20-10-15-18-16(19-21-15)12-5-3-6-13(17)9-12/h2-9H,10H2,1H3. The van der Waals surface area contributed by atoms with Gasteiger partial charge in [-0.15, -0.1) is 0 Å². The molecule has 4 nitrogen and oxygen atoms in total. The summed E-state index contributed by atoms with van der Waals surface area (Å²) in [7, 11) is 0. The highest BCUT2D eigenvalue weighted by Crippen LogP contribution is 2.21. The number of benzene rings is 2. The first kappa shape index (κ1) is 13.8. The summed E-state index contributed by atoms with van der Waals surface area (Å²) >= 11 is 3.42. The van der Waals surface area contributed by atoms with Gasteiger partial charge in [-0.25, -0.2) is 0 Å². The molecule has 2 aromatic carbocycles. The van der Waals surface area contributed by atoms with Gasteiger partial charge in [0.15, 0.2) is 6.61 Å². The highest BCUT2D eigenvalue weighted by atomic mass is 79.9. The second-order valence-corrected chi connectivity index (χ2v) is 5.54. The van der Waals surface area contributed by atoms with E-state index >= 15 is 0 Å². The minimum atomic E-state index is 0.254. The Hall–Kier alpha value is -2.14. The molecule has 0 saturated carbocycles. The number of ether oxygens (including phenoxy) is 1. The normalized spacial score (nSPS) is 10.6. The number of halogens is 1. The van der Waals surface area contributed by atoms with Crippen molar-refractivity contribution in [3.05, 3.63) is 64.5 Å². The van der Waals surface area contributed by atoms with Gasteiger partial charge in [0.1, 0.15) is 5.75 Å². The van der Waals surface area contributed by atoms with Crippen molar-refractivity contribution in [1.29, 1.82) is 0 Å². The molecular formula is C16H13BrN2O2. The van der Waals surface area contributed by atoms with E-state index < -0.39 is 0 Å². The van der Waals surface area contributed by atoms with Gasteiger partial charge in [-0.2, -0.15) is 4.98 Å². The fourth-order valence-corrected chi connectivity index (χ4v) is 2.31. The molecule has 0 aliphatic carbocycles. The molecule has 0 radical (unpaired) electrons. The Kier molecular flexibility index (Phi) is 4.01. The molecule has 0 aliphatic heterocycles. The second kappa shape index (κ2) is 6.10. The number of hydrogen-bond acceptors (Lipinski definition) is 4. The number of aryl methyl sites for hydroxylation is 1. The largest absolute Gasteiger partial charge is 0.484 e. The van der Waals surface area contributed by atoms with Crippen molar-refractivity contribution < 1.29 is 9.26 Å². The first-order valence-electron chi connectivity index (χ1n) is 6.49. The molecule has 21 heavy (non-hydrogen) atoms. The highest BCUT2D eigenvalue weighted by Gasteiger charge is 2.09. The van der Waals surface area contributed by atoms with Crippen molar-refractivity contribution >= 4 is 15.9 Å².